The number of amides is 1. The first-order valence-electron chi connectivity index (χ1n) is 6.87. The molecule has 3 rings (SSSR count). The molecule has 2 aliphatic rings. The number of hydrogen-bond donors (Lipinski definition) is 2. The molecule has 0 unspecified atom stereocenters. The van der Waals surface area contributed by atoms with Crippen molar-refractivity contribution < 1.29 is 14.6 Å². The first-order chi connectivity index (χ1) is 9.19. The molecule has 1 aromatic rings. The molecule has 2 saturated carbocycles. The number of carbonyl (C=O) groups is 1. The van der Waals surface area contributed by atoms with Gasteiger partial charge < -0.3 is 15.2 Å². The molecule has 19 heavy (non-hydrogen) atoms. The Kier molecular flexibility index (Phi) is 3.09. The number of hydrogen-bond acceptors (Lipinski definition) is 3. The van der Waals surface area contributed by atoms with Crippen LogP contribution in [0.1, 0.15) is 36.0 Å². The van der Waals surface area contributed by atoms with Gasteiger partial charge in [-0.2, -0.15) is 0 Å². The van der Waals surface area contributed by atoms with Gasteiger partial charge in [0.05, 0.1) is 12.7 Å². The van der Waals surface area contributed by atoms with Gasteiger partial charge in [-0.05, 0) is 49.7 Å². The van der Waals surface area contributed by atoms with Crippen LogP contribution in [0.25, 0.3) is 0 Å². The summed E-state index contributed by atoms with van der Waals surface area (Å²) >= 11 is 0. The minimum Gasteiger partial charge on any atom is -0.507 e. The van der Waals surface area contributed by atoms with Crippen LogP contribution in [0.15, 0.2) is 18.2 Å². The molecule has 4 heteroatoms. The van der Waals surface area contributed by atoms with Crippen LogP contribution >= 0.6 is 0 Å². The maximum atomic E-state index is 12.2. The van der Waals surface area contributed by atoms with Crippen molar-refractivity contribution >= 4 is 5.91 Å². The second kappa shape index (κ2) is 4.76. The Labute approximate surface area is 112 Å². The van der Waals surface area contributed by atoms with Gasteiger partial charge in [-0.25, -0.2) is 0 Å². The van der Waals surface area contributed by atoms with Gasteiger partial charge in [0.2, 0.25) is 0 Å². The van der Waals surface area contributed by atoms with Gasteiger partial charge in [-0.3, -0.25) is 4.79 Å². The lowest BCUT2D eigenvalue weighted by Gasteiger charge is -2.18. The second-order valence-electron chi connectivity index (χ2n) is 5.56. The summed E-state index contributed by atoms with van der Waals surface area (Å²) in [5.41, 5.74) is 0.326. The summed E-state index contributed by atoms with van der Waals surface area (Å²) in [4.78, 5) is 12.2. The molecule has 1 amide bonds. The van der Waals surface area contributed by atoms with E-state index >= 15 is 0 Å². The molecular weight excluding hydrogens is 242 g/mol. The third kappa shape index (κ3) is 2.67. The van der Waals surface area contributed by atoms with Crippen molar-refractivity contribution in [2.75, 3.05) is 7.11 Å². The predicted octanol–water partition coefficient (Wildman–Crippen LogP) is 2.32. The highest BCUT2D eigenvalue weighted by molar-refractivity contribution is 5.97. The van der Waals surface area contributed by atoms with Crippen LogP contribution in [0.2, 0.25) is 0 Å². The molecule has 0 radical (unpaired) electrons. The van der Waals surface area contributed by atoms with Crippen LogP contribution < -0.4 is 10.1 Å². The zero-order chi connectivity index (χ0) is 13.4. The van der Waals surface area contributed by atoms with Crippen molar-refractivity contribution in [1.29, 1.82) is 0 Å². The van der Waals surface area contributed by atoms with Crippen molar-refractivity contribution in [3.8, 4) is 11.5 Å². The molecule has 102 valence electrons. The topological polar surface area (TPSA) is 58.6 Å². The monoisotopic (exact) mass is 261 g/mol. The lowest BCUT2D eigenvalue weighted by Crippen LogP contribution is -2.38. The summed E-state index contributed by atoms with van der Waals surface area (Å²) in [5.74, 6) is 1.65. The van der Waals surface area contributed by atoms with Crippen LogP contribution in [0.3, 0.4) is 0 Å². The number of carbonyl (C=O) groups excluding carboxylic acids is 1. The second-order valence-corrected chi connectivity index (χ2v) is 5.56. The quantitative estimate of drug-likeness (QED) is 0.855. The molecule has 0 heterocycles. The normalized spacial score (nSPS) is 18.4. The van der Waals surface area contributed by atoms with E-state index in [4.69, 9.17) is 4.74 Å². The standard InChI is InChI=1S/C15H19NO3/c1-19-11-6-7-12(13(17)8-11)15(18)16-14(9-2-3-9)10-4-5-10/h6-10,14,17H,2-5H2,1H3,(H,16,18). The van der Waals surface area contributed by atoms with Gasteiger partial charge in [0.1, 0.15) is 11.5 Å². The number of phenolic OH excluding ortho intramolecular Hbond substituents is 1. The smallest absolute Gasteiger partial charge is 0.255 e. The first-order valence-corrected chi connectivity index (χ1v) is 6.87. The Bertz CT molecular complexity index is 480. The molecule has 0 bridgehead atoms. The predicted molar refractivity (Wildman–Crippen MR) is 71.4 cm³/mol. The fourth-order valence-electron chi connectivity index (χ4n) is 2.59. The van der Waals surface area contributed by atoms with Crippen molar-refractivity contribution in [2.24, 2.45) is 11.8 Å². The Morgan fingerprint density at radius 3 is 2.42 bits per heavy atom. The van der Waals surface area contributed by atoms with Crippen LogP contribution in [-0.4, -0.2) is 24.2 Å². The number of aromatic hydroxyl groups is 1. The Morgan fingerprint density at radius 1 is 1.32 bits per heavy atom. The molecule has 0 spiro atoms. The third-order valence-corrected chi connectivity index (χ3v) is 4.01. The molecule has 0 aromatic heterocycles. The van der Waals surface area contributed by atoms with Gasteiger partial charge in [0, 0.05) is 12.1 Å². The van der Waals surface area contributed by atoms with E-state index in [9.17, 15) is 9.90 Å². The van der Waals surface area contributed by atoms with Crippen molar-refractivity contribution in [3.63, 3.8) is 0 Å². The van der Waals surface area contributed by atoms with E-state index in [2.05, 4.69) is 5.32 Å². The average molecular weight is 261 g/mol. The summed E-state index contributed by atoms with van der Waals surface area (Å²) in [5, 5.41) is 13.0. The van der Waals surface area contributed by atoms with Gasteiger partial charge in [-0.1, -0.05) is 0 Å². The molecule has 0 atom stereocenters. The minimum atomic E-state index is -0.177. The maximum absolute atomic E-state index is 12.2. The highest BCUT2D eigenvalue weighted by Crippen LogP contribution is 2.44. The van der Waals surface area contributed by atoms with E-state index in [0.29, 0.717) is 29.2 Å². The van der Waals surface area contributed by atoms with Crippen LogP contribution in [-0.2, 0) is 0 Å². The summed E-state index contributed by atoms with van der Waals surface area (Å²) in [6.45, 7) is 0. The fraction of sp³-hybridized carbons (Fsp3) is 0.533. The molecular formula is C15H19NO3. The molecule has 1 aromatic carbocycles. The largest absolute Gasteiger partial charge is 0.507 e. The van der Waals surface area contributed by atoms with E-state index in [1.165, 1.54) is 38.9 Å². The molecule has 2 fully saturated rings. The summed E-state index contributed by atoms with van der Waals surface area (Å²) in [6, 6.07) is 5.07. The zero-order valence-electron chi connectivity index (χ0n) is 11.1. The van der Waals surface area contributed by atoms with Crippen LogP contribution in [0.5, 0.6) is 11.5 Å². The highest BCUT2D eigenvalue weighted by Gasteiger charge is 2.42. The zero-order valence-corrected chi connectivity index (χ0v) is 11.1. The van der Waals surface area contributed by atoms with Crippen molar-refractivity contribution in [3.05, 3.63) is 23.8 Å². The Morgan fingerprint density at radius 2 is 1.95 bits per heavy atom. The van der Waals surface area contributed by atoms with Gasteiger partial charge in [-0.15, -0.1) is 0 Å². The van der Waals surface area contributed by atoms with Gasteiger partial charge in [0.15, 0.2) is 0 Å². The SMILES string of the molecule is COc1ccc(C(=O)NC(C2CC2)C2CC2)c(O)c1. The third-order valence-electron chi connectivity index (χ3n) is 4.01. The van der Waals surface area contributed by atoms with E-state index in [-0.39, 0.29) is 11.7 Å². The molecule has 0 saturated heterocycles. The van der Waals surface area contributed by atoms with Crippen LogP contribution in [0.4, 0.5) is 0 Å². The Hall–Kier alpha value is -1.71. The van der Waals surface area contributed by atoms with Crippen molar-refractivity contribution in [1.82, 2.24) is 5.32 Å². The van der Waals surface area contributed by atoms with E-state index in [1.807, 2.05) is 0 Å². The number of nitrogens with one attached hydrogen (secondary N) is 1. The highest BCUT2D eigenvalue weighted by atomic mass is 16.5. The average Bonchev–Trinajstić information content (AvgIpc) is 3.28. The number of ether oxygens (including phenoxy) is 1. The van der Waals surface area contributed by atoms with Crippen molar-refractivity contribution in [2.45, 2.75) is 31.7 Å². The van der Waals surface area contributed by atoms with E-state index < -0.39 is 0 Å². The van der Waals surface area contributed by atoms with Gasteiger partial charge in [0.25, 0.3) is 5.91 Å². The first kappa shape index (κ1) is 12.3. The Balaban J connectivity index is 1.72. The summed E-state index contributed by atoms with van der Waals surface area (Å²) in [7, 11) is 1.53. The molecule has 0 aliphatic heterocycles. The molecule has 2 N–H and O–H groups in total. The fourth-order valence-corrected chi connectivity index (χ4v) is 2.59. The van der Waals surface area contributed by atoms with Gasteiger partial charge >= 0.3 is 0 Å². The molecule has 2 aliphatic carbocycles. The summed E-state index contributed by atoms with van der Waals surface area (Å²) < 4.78 is 5.02. The van der Waals surface area contributed by atoms with E-state index in [0.717, 1.165) is 0 Å². The number of methoxy groups -OCH3 is 1. The summed E-state index contributed by atoms with van der Waals surface area (Å²) in [6.07, 6.45) is 4.87. The lowest BCUT2D eigenvalue weighted by atomic mass is 10.1. The van der Waals surface area contributed by atoms with Crippen LogP contribution in [0, 0.1) is 11.8 Å². The number of benzene rings is 1. The maximum Gasteiger partial charge on any atom is 0.255 e. The number of phenols is 1. The minimum absolute atomic E-state index is 0.0257. The molecule has 4 nitrogen and oxygen atoms in total. The number of rotatable bonds is 5. The van der Waals surface area contributed by atoms with E-state index in [1.54, 1.807) is 12.1 Å². The lowest BCUT2D eigenvalue weighted by molar-refractivity contribution is 0.0923.